The second-order valence-corrected chi connectivity index (χ2v) is 28.2. The predicted molar refractivity (Wildman–Crippen MR) is 369 cm³/mol. The van der Waals surface area contributed by atoms with Gasteiger partial charge in [-0.05, 0) is 157 Å². The number of aromatic nitrogens is 5. The van der Waals surface area contributed by atoms with Gasteiger partial charge in [0.1, 0.15) is 34.8 Å². The summed E-state index contributed by atoms with van der Waals surface area (Å²) >= 11 is 3.54. The number of imide groups is 2. The number of carbonyl (C=O) groups is 4. The molecule has 0 aliphatic carbocycles. The number of rotatable bonds is 24. The number of azo groups is 2. The van der Waals surface area contributed by atoms with Crippen LogP contribution in [0.5, 0.6) is 0 Å². The normalized spacial score (nSPS) is 15.4. The van der Waals surface area contributed by atoms with Crippen LogP contribution in [0, 0.1) is 17.9 Å². The summed E-state index contributed by atoms with van der Waals surface area (Å²) in [5.74, 6) is -2.12. The zero-order valence-corrected chi connectivity index (χ0v) is 57.1. The molecular weight excluding hydrogens is 1340 g/mol. The number of fused-ring (bicyclic) bond motifs is 2. The quantitative estimate of drug-likeness (QED) is 0.0109. The number of nitrogens with zero attached hydrogens (tertiary/aromatic N) is 17. The molecule has 4 amide bonds. The maximum atomic E-state index is 13.8. The molecule has 29 nitrogen and oxygen atoms in total. The first-order valence-corrected chi connectivity index (χ1v) is 36.4. The summed E-state index contributed by atoms with van der Waals surface area (Å²) in [5, 5.41) is 36.8. The molecule has 2 saturated heterocycles. The van der Waals surface area contributed by atoms with Gasteiger partial charge in [0.05, 0.1) is 53.2 Å². The minimum atomic E-state index is -4.72. The maximum absolute atomic E-state index is 13.8. The Kier molecular flexibility index (Phi) is 20.6. The molecular formula is C63H63N19O10S5. The molecule has 7 heterocycles. The SMILES string of the molecule is [C-]#[N+]/C(=C\c1sc(/N=N/c2ccc(N(CC)CC)cc2Nc2nc(Nc3cc(N(CC)CC)ccc3/N=N/c3nc(N4CCCCC4)c(/C=C(\C#N)N4C(=O)c5ccc(S(=O)(=O)O)cc5C4=O)s3)nc(SCC)n2)nc1N1CCCCC1)N1C(=O)c2ccc(S(=O)(=O)O)cc2C1=O. The Morgan fingerprint density at radius 3 is 1.45 bits per heavy atom. The fourth-order valence-corrected chi connectivity index (χ4v) is 14.6. The summed E-state index contributed by atoms with van der Waals surface area (Å²) < 4.78 is 67.2. The summed E-state index contributed by atoms with van der Waals surface area (Å²) in [6, 6.07) is 19.3. The number of nitriles is 1. The maximum Gasteiger partial charge on any atom is 0.334 e. The van der Waals surface area contributed by atoms with Crippen molar-refractivity contribution in [3.8, 4) is 6.07 Å². The van der Waals surface area contributed by atoms with E-state index in [1.54, 1.807) is 12.1 Å². The molecule has 0 bridgehead atoms. The minimum absolute atomic E-state index is 0.131. The molecule has 4 aromatic carbocycles. The molecule has 0 unspecified atom stereocenters. The Morgan fingerprint density at radius 1 is 0.598 bits per heavy atom. The molecule has 97 heavy (non-hydrogen) atoms. The van der Waals surface area contributed by atoms with Crippen molar-refractivity contribution in [3.05, 3.63) is 128 Å². The van der Waals surface area contributed by atoms with Gasteiger partial charge >= 0.3 is 11.8 Å². The number of amides is 4. The highest BCUT2D eigenvalue weighted by molar-refractivity contribution is 7.99. The lowest BCUT2D eigenvalue weighted by atomic mass is 10.1. The average molecular weight is 1410 g/mol. The Hall–Kier alpha value is -9.94. The minimum Gasteiger partial charge on any atom is -0.372 e. The van der Waals surface area contributed by atoms with E-state index in [0.29, 0.717) is 117 Å². The van der Waals surface area contributed by atoms with Gasteiger partial charge in [-0.25, -0.2) is 14.5 Å². The molecule has 7 aromatic rings. The molecule has 0 saturated carbocycles. The third-order valence-corrected chi connectivity index (χ3v) is 20.4. The van der Waals surface area contributed by atoms with Crippen LogP contribution in [0.2, 0.25) is 0 Å². The van der Waals surface area contributed by atoms with Crippen LogP contribution in [-0.4, -0.2) is 142 Å². The van der Waals surface area contributed by atoms with E-state index >= 15 is 0 Å². The van der Waals surface area contributed by atoms with Crippen molar-refractivity contribution in [3.63, 3.8) is 0 Å². The molecule has 0 spiro atoms. The number of thioether (sulfide) groups is 1. The molecule has 2 fully saturated rings. The van der Waals surface area contributed by atoms with Crippen LogP contribution in [-0.2, 0) is 20.2 Å². The molecule has 0 atom stereocenters. The van der Waals surface area contributed by atoms with E-state index < -0.39 is 53.7 Å². The number of thiazole rings is 2. The van der Waals surface area contributed by atoms with Crippen LogP contribution in [0.15, 0.2) is 120 Å². The van der Waals surface area contributed by atoms with Crippen LogP contribution < -0.4 is 30.2 Å². The number of piperidine rings is 2. The smallest absolute Gasteiger partial charge is 0.334 e. The van der Waals surface area contributed by atoms with Gasteiger partial charge in [0.15, 0.2) is 5.16 Å². The van der Waals surface area contributed by atoms with Crippen LogP contribution in [0.4, 0.5) is 67.9 Å². The second kappa shape index (κ2) is 29.2. The number of benzene rings is 4. The van der Waals surface area contributed by atoms with Crippen molar-refractivity contribution in [1.29, 1.82) is 5.26 Å². The number of anilines is 8. The summed E-state index contributed by atoms with van der Waals surface area (Å²) in [6.45, 7) is 23.5. The van der Waals surface area contributed by atoms with E-state index in [4.69, 9.17) is 41.7 Å². The zero-order valence-electron chi connectivity index (χ0n) is 53.0. The number of hydrogen-bond acceptors (Lipinski definition) is 27. The fraction of sp³-hybridized carbons (Fsp3) is 0.317. The van der Waals surface area contributed by atoms with E-state index in [1.807, 2.05) is 74.8 Å². The standard InChI is InChI=1S/C63H63N19O10S5/c1-7-77(8-2)37-18-24-46(73-75-62-68-53(79-26-14-12-15-27-79)50(94-62)32-39(36-64)81-55(83)42-22-20-40(96(87,88)89)33-44(42)57(81)85)48(30-37)66-59-70-60(72-61(71-59)93-11-5)67-49-31-38(78(9-3)10-4)19-25-47(49)74-76-63-69-54(80-28-16-13-17-29-80)51(95-63)35-52(65-6)82-56(84)43-23-21-41(97(90,91)92)34-45(43)58(82)86/h18-25,30-35H,7-17,26-29H2,1-5H3,(H,87,88,89)(H,90,91,92)(H2,66,67,70,71,72)/b39-32+,52-35+,75-73+,76-74+. The van der Waals surface area contributed by atoms with E-state index in [1.165, 1.54) is 23.9 Å². The monoisotopic (exact) mass is 1410 g/mol. The van der Waals surface area contributed by atoms with E-state index in [-0.39, 0.29) is 55.9 Å². The van der Waals surface area contributed by atoms with E-state index in [0.717, 1.165) is 109 Å². The van der Waals surface area contributed by atoms with Crippen LogP contribution in [0.1, 0.15) is 124 Å². The third kappa shape index (κ3) is 14.7. The second-order valence-electron chi connectivity index (χ2n) is 22.1. The Balaban J connectivity index is 0.922. The Morgan fingerprint density at radius 2 is 1.03 bits per heavy atom. The average Bonchev–Trinajstić information content (AvgIpc) is 1.60. The molecule has 4 aliphatic rings. The van der Waals surface area contributed by atoms with E-state index in [2.05, 4.69) is 35.5 Å². The topological polar surface area (TPSA) is 363 Å². The van der Waals surface area contributed by atoms with Crippen molar-refractivity contribution in [1.82, 2.24) is 34.7 Å². The highest BCUT2D eigenvalue weighted by atomic mass is 32.2. The van der Waals surface area contributed by atoms with Crippen molar-refractivity contribution in [2.24, 2.45) is 20.5 Å². The lowest BCUT2D eigenvalue weighted by Crippen LogP contribution is -2.30. The molecule has 500 valence electrons. The van der Waals surface area contributed by atoms with Gasteiger partial charge in [0.2, 0.25) is 28.0 Å². The molecule has 11 rings (SSSR count). The first-order valence-electron chi connectivity index (χ1n) is 30.9. The number of allylic oxidation sites excluding steroid dienone is 1. The van der Waals surface area contributed by atoms with Gasteiger partial charge in [-0.15, -0.1) is 20.5 Å². The molecule has 4 aliphatic heterocycles. The van der Waals surface area contributed by atoms with Crippen molar-refractivity contribution < 1.29 is 45.1 Å². The van der Waals surface area contributed by atoms with Crippen molar-refractivity contribution in [2.75, 3.05) is 88.3 Å². The third-order valence-electron chi connectivity index (χ3n) is 16.2. The predicted octanol–water partition coefficient (Wildman–Crippen LogP) is 13.1. The van der Waals surface area contributed by atoms with Crippen molar-refractivity contribution >= 4 is 158 Å². The van der Waals surface area contributed by atoms with Crippen LogP contribution in [0.3, 0.4) is 0 Å². The van der Waals surface area contributed by atoms with Gasteiger partial charge in [-0.3, -0.25) is 18.7 Å². The lowest BCUT2D eigenvalue weighted by molar-refractivity contribution is 0.0695. The zero-order chi connectivity index (χ0) is 68.9. The number of carbonyl (C=O) groups excluding carboxylic acids is 4. The summed E-state index contributed by atoms with van der Waals surface area (Å²) in [7, 11) is -9.44. The van der Waals surface area contributed by atoms with Crippen LogP contribution >= 0.6 is 34.4 Å². The Labute approximate surface area is 570 Å². The summed E-state index contributed by atoms with van der Waals surface area (Å²) in [5.41, 5.74) is 2.17. The van der Waals surface area contributed by atoms with Gasteiger partial charge in [-0.2, -0.15) is 51.9 Å². The molecule has 4 N–H and O–H groups in total. The van der Waals surface area contributed by atoms with Gasteiger partial charge in [0.25, 0.3) is 32.1 Å². The highest BCUT2D eigenvalue weighted by Crippen LogP contribution is 2.43. The highest BCUT2D eigenvalue weighted by Gasteiger charge is 2.44. The summed E-state index contributed by atoms with van der Waals surface area (Å²) in [6.07, 6.45) is 8.20. The van der Waals surface area contributed by atoms with Gasteiger partial charge in [-0.1, -0.05) is 47.9 Å². The Bertz CT molecular complexity index is 4460. The van der Waals surface area contributed by atoms with Gasteiger partial charge < -0.3 is 35.1 Å². The molecule has 34 heteroatoms. The van der Waals surface area contributed by atoms with Gasteiger partial charge in [0, 0.05) is 63.7 Å². The van der Waals surface area contributed by atoms with Crippen LogP contribution in [0.25, 0.3) is 17.0 Å². The lowest BCUT2D eigenvalue weighted by Gasteiger charge is -2.27. The number of hydrogen-bond donors (Lipinski definition) is 4. The summed E-state index contributed by atoms with van der Waals surface area (Å²) in [4.78, 5) is 92.2. The first-order chi connectivity index (χ1) is 46.6. The largest absolute Gasteiger partial charge is 0.372 e. The molecule has 0 radical (unpaired) electrons. The molecule has 3 aromatic heterocycles. The number of nitrogens with one attached hydrogen (secondary N) is 2. The van der Waals surface area contributed by atoms with E-state index in [9.17, 15) is 50.4 Å². The fourth-order valence-electron chi connectivity index (χ4n) is 11.4. The van der Waals surface area contributed by atoms with Crippen molar-refractivity contribution in [2.45, 2.75) is 88.1 Å². The first kappa shape index (κ1) is 68.4.